The summed E-state index contributed by atoms with van der Waals surface area (Å²) in [6.45, 7) is 0.746. The molecule has 1 heterocycles. The molecule has 1 aliphatic rings. The van der Waals surface area contributed by atoms with Gasteiger partial charge in [0.05, 0.1) is 10.5 Å². The maximum absolute atomic E-state index is 13.3. The molecule has 3 rings (SSSR count). The van der Waals surface area contributed by atoms with Gasteiger partial charge in [0.2, 0.25) is 10.0 Å². The van der Waals surface area contributed by atoms with Crippen molar-refractivity contribution >= 4 is 21.6 Å². The third-order valence-corrected chi connectivity index (χ3v) is 5.86. The third-order valence-electron chi connectivity index (χ3n) is 4.95. The number of piperazine rings is 1. The van der Waals surface area contributed by atoms with Crippen molar-refractivity contribution in [3.8, 4) is 0 Å². The van der Waals surface area contributed by atoms with E-state index in [2.05, 4.69) is 0 Å². The van der Waals surface area contributed by atoms with Crippen LogP contribution in [0.25, 0.3) is 0 Å². The van der Waals surface area contributed by atoms with Crippen molar-refractivity contribution in [3.63, 3.8) is 0 Å². The first kappa shape index (κ1) is 22.9. The predicted octanol–water partition coefficient (Wildman–Crippen LogP) is 3.25. The van der Waals surface area contributed by atoms with Gasteiger partial charge in [-0.3, -0.25) is 4.79 Å². The summed E-state index contributed by atoms with van der Waals surface area (Å²) in [6.07, 6.45) is -7.45. The molecular weight excluding hydrogens is 445 g/mol. The molecule has 0 unspecified atom stereocenters. The molecule has 0 aromatic heterocycles. The Morgan fingerprint density at radius 1 is 0.968 bits per heavy atom. The van der Waals surface area contributed by atoms with Crippen molar-refractivity contribution in [3.05, 3.63) is 59.2 Å². The van der Waals surface area contributed by atoms with Crippen LogP contribution in [-0.4, -0.2) is 45.4 Å². The van der Waals surface area contributed by atoms with Crippen molar-refractivity contribution < 1.29 is 35.2 Å². The van der Waals surface area contributed by atoms with E-state index >= 15 is 0 Å². The molecule has 0 atom stereocenters. The topological polar surface area (TPSA) is 83.7 Å². The average Bonchev–Trinajstić information content (AvgIpc) is 2.71. The zero-order valence-corrected chi connectivity index (χ0v) is 16.8. The Labute approximate surface area is 175 Å². The zero-order chi connectivity index (χ0) is 23.0. The van der Waals surface area contributed by atoms with Gasteiger partial charge < -0.3 is 9.80 Å². The van der Waals surface area contributed by atoms with E-state index in [1.807, 2.05) is 0 Å². The maximum atomic E-state index is 13.3. The molecule has 1 aliphatic heterocycles. The molecule has 0 saturated carbocycles. The fourth-order valence-electron chi connectivity index (χ4n) is 3.29. The lowest BCUT2D eigenvalue weighted by Crippen LogP contribution is -2.49. The van der Waals surface area contributed by atoms with Gasteiger partial charge >= 0.3 is 6.18 Å². The Kier molecular flexibility index (Phi) is 6.23. The lowest BCUT2D eigenvalue weighted by Gasteiger charge is -2.36. The molecule has 6 nitrogen and oxygen atoms in total. The Hall–Kier alpha value is -2.73. The van der Waals surface area contributed by atoms with Crippen molar-refractivity contribution in [2.75, 3.05) is 31.1 Å². The summed E-state index contributed by atoms with van der Waals surface area (Å²) >= 11 is 0. The highest BCUT2D eigenvalue weighted by Gasteiger charge is 2.31. The molecule has 12 heteroatoms. The molecule has 2 aromatic rings. The number of halogens is 5. The summed E-state index contributed by atoms with van der Waals surface area (Å²) in [6, 6.07) is 7.17. The smallest absolute Gasteiger partial charge is 0.368 e. The summed E-state index contributed by atoms with van der Waals surface area (Å²) in [5.41, 5.74) is -1.31. The molecule has 0 radical (unpaired) electrons. The number of nitrogens with two attached hydrogens (primary N) is 1. The maximum Gasteiger partial charge on any atom is 0.416 e. The number of hydrogen-bond donors (Lipinski definition) is 1. The first-order valence-electron chi connectivity index (χ1n) is 9.04. The second-order valence-corrected chi connectivity index (χ2v) is 8.48. The van der Waals surface area contributed by atoms with Crippen molar-refractivity contribution in [2.45, 2.75) is 17.5 Å². The van der Waals surface area contributed by atoms with Gasteiger partial charge in [-0.2, -0.15) is 13.2 Å². The van der Waals surface area contributed by atoms with Crippen LogP contribution in [0.4, 0.5) is 27.6 Å². The monoisotopic (exact) mass is 463 g/mol. The van der Waals surface area contributed by atoms with Gasteiger partial charge in [0.15, 0.2) is 0 Å². The van der Waals surface area contributed by atoms with Crippen molar-refractivity contribution in [1.29, 1.82) is 0 Å². The number of amides is 1. The zero-order valence-electron chi connectivity index (χ0n) is 15.9. The molecule has 168 valence electrons. The molecule has 31 heavy (non-hydrogen) atoms. The number of sulfonamides is 1. The summed E-state index contributed by atoms with van der Waals surface area (Å²) in [7, 11) is -4.19. The Balaban J connectivity index is 1.76. The van der Waals surface area contributed by atoms with Crippen LogP contribution in [0.15, 0.2) is 47.4 Å². The van der Waals surface area contributed by atoms with E-state index in [1.54, 1.807) is 4.90 Å². The lowest BCUT2D eigenvalue weighted by molar-refractivity contribution is -0.137. The van der Waals surface area contributed by atoms with Gasteiger partial charge in [-0.15, -0.1) is 0 Å². The van der Waals surface area contributed by atoms with Crippen LogP contribution in [0, 0.1) is 0 Å². The molecule has 0 aliphatic carbocycles. The molecule has 1 amide bonds. The molecular formula is C19H18F5N3O3S. The Bertz CT molecular complexity index is 1060. The van der Waals surface area contributed by atoms with Crippen LogP contribution in [0.2, 0.25) is 0 Å². The van der Waals surface area contributed by atoms with E-state index in [1.165, 1.54) is 17.0 Å². The van der Waals surface area contributed by atoms with Crippen LogP contribution < -0.4 is 10.0 Å². The number of hydrogen-bond acceptors (Lipinski definition) is 4. The lowest BCUT2D eigenvalue weighted by atomic mass is 10.1. The third kappa shape index (κ3) is 5.13. The van der Waals surface area contributed by atoms with Gasteiger partial charge in [-0.1, -0.05) is 6.07 Å². The second-order valence-electron chi connectivity index (χ2n) is 6.92. The minimum atomic E-state index is -4.45. The number of carbonyl (C=O) groups is 1. The normalized spacial score (nSPS) is 15.5. The van der Waals surface area contributed by atoms with E-state index in [9.17, 15) is 35.2 Å². The summed E-state index contributed by atoms with van der Waals surface area (Å²) in [5, 5.41) is 5.03. The van der Waals surface area contributed by atoms with E-state index in [4.69, 9.17) is 5.14 Å². The van der Waals surface area contributed by atoms with Crippen molar-refractivity contribution in [1.82, 2.24) is 4.90 Å². The largest absolute Gasteiger partial charge is 0.416 e. The number of alkyl halides is 5. The van der Waals surface area contributed by atoms with E-state index in [0.717, 1.165) is 30.3 Å². The quantitative estimate of drug-likeness (QED) is 0.706. The van der Waals surface area contributed by atoms with Crippen LogP contribution >= 0.6 is 0 Å². The van der Waals surface area contributed by atoms with Crippen molar-refractivity contribution in [2.24, 2.45) is 5.14 Å². The first-order valence-corrected chi connectivity index (χ1v) is 10.6. The minimum Gasteiger partial charge on any atom is -0.368 e. The fraction of sp³-hybridized carbons (Fsp3) is 0.316. The highest BCUT2D eigenvalue weighted by Crippen LogP contribution is 2.31. The van der Waals surface area contributed by atoms with Gasteiger partial charge in [0.1, 0.15) is 0 Å². The predicted molar refractivity (Wildman–Crippen MR) is 102 cm³/mol. The molecule has 0 spiro atoms. The minimum absolute atomic E-state index is 0.113. The number of nitrogens with zero attached hydrogens (tertiary/aromatic N) is 2. The van der Waals surface area contributed by atoms with Crippen LogP contribution in [0.3, 0.4) is 0 Å². The molecule has 2 N–H and O–H groups in total. The number of anilines is 1. The van der Waals surface area contributed by atoms with Crippen LogP contribution in [-0.2, 0) is 16.2 Å². The van der Waals surface area contributed by atoms with E-state index in [0.29, 0.717) is 5.69 Å². The molecule has 1 fully saturated rings. The number of rotatable bonds is 4. The standard InChI is InChI=1S/C19H18F5N3O3S/c20-17(21)15-6-5-14(31(25,29)30)11-16(15)18(28)27-9-7-26(8-10-27)13-3-1-12(2-4-13)19(22,23)24/h1-6,11,17H,7-10H2,(H2,25,29,30). The number of primary sulfonamides is 1. The van der Waals surface area contributed by atoms with Gasteiger partial charge in [0, 0.05) is 43.0 Å². The van der Waals surface area contributed by atoms with E-state index in [-0.39, 0.29) is 26.2 Å². The Morgan fingerprint density at radius 2 is 1.55 bits per heavy atom. The number of carbonyl (C=O) groups excluding carboxylic acids is 1. The van der Waals surface area contributed by atoms with Crippen LogP contribution in [0.1, 0.15) is 27.9 Å². The summed E-state index contributed by atoms with van der Waals surface area (Å²) in [4.78, 5) is 15.4. The Morgan fingerprint density at radius 3 is 2.03 bits per heavy atom. The van der Waals surface area contributed by atoms with Crippen LogP contribution in [0.5, 0.6) is 0 Å². The molecule has 0 bridgehead atoms. The second kappa shape index (κ2) is 8.42. The summed E-state index contributed by atoms with van der Waals surface area (Å²) in [5.74, 6) is -0.770. The molecule has 2 aromatic carbocycles. The van der Waals surface area contributed by atoms with E-state index < -0.39 is 50.1 Å². The fourth-order valence-corrected chi connectivity index (χ4v) is 3.83. The number of benzene rings is 2. The first-order chi connectivity index (χ1) is 14.4. The van der Waals surface area contributed by atoms with Gasteiger partial charge in [-0.05, 0) is 36.4 Å². The highest BCUT2D eigenvalue weighted by molar-refractivity contribution is 7.89. The molecule has 1 saturated heterocycles. The van der Waals surface area contributed by atoms with Gasteiger partial charge in [0.25, 0.3) is 12.3 Å². The summed E-state index contributed by atoms with van der Waals surface area (Å²) < 4.78 is 87.9. The SMILES string of the molecule is NS(=O)(=O)c1ccc(C(F)F)c(C(=O)N2CCN(c3ccc(C(F)(F)F)cc3)CC2)c1. The average molecular weight is 463 g/mol. The van der Waals surface area contributed by atoms with Gasteiger partial charge in [-0.25, -0.2) is 22.3 Å². The highest BCUT2D eigenvalue weighted by atomic mass is 32.2.